The molecule has 116 valence electrons. The van der Waals surface area contributed by atoms with Crippen LogP contribution >= 0.6 is 45.2 Å². The summed E-state index contributed by atoms with van der Waals surface area (Å²) >= 11 is 4.56. The van der Waals surface area contributed by atoms with E-state index >= 15 is 0 Å². The third-order valence-electron chi connectivity index (χ3n) is 4.65. The summed E-state index contributed by atoms with van der Waals surface area (Å²) in [6.45, 7) is 5.81. The Morgan fingerprint density at radius 1 is 1.10 bits per heavy atom. The van der Waals surface area contributed by atoms with E-state index in [1.54, 1.807) is 0 Å². The maximum absolute atomic E-state index is 10.3. The number of phenolic OH excluding ortho intramolecular Hbond substituents is 1. The van der Waals surface area contributed by atoms with E-state index in [0.717, 1.165) is 15.7 Å². The van der Waals surface area contributed by atoms with Crippen molar-refractivity contribution in [2.45, 2.75) is 38.3 Å². The highest BCUT2D eigenvalue weighted by atomic mass is 127. The Kier molecular flexibility index (Phi) is 5.66. The van der Waals surface area contributed by atoms with Crippen LogP contribution in [0.25, 0.3) is 0 Å². The fourth-order valence-corrected chi connectivity index (χ4v) is 5.50. The zero-order chi connectivity index (χ0) is 14.8. The average Bonchev–Trinajstić information content (AvgIpc) is 3.09. The van der Waals surface area contributed by atoms with Gasteiger partial charge in [0, 0.05) is 28.3 Å². The van der Waals surface area contributed by atoms with E-state index in [1.807, 2.05) is 6.07 Å². The van der Waals surface area contributed by atoms with Gasteiger partial charge in [-0.05, 0) is 103 Å². The molecular formula is C16H22I2N2O. The molecular weight excluding hydrogens is 490 g/mol. The molecule has 1 atom stereocenters. The largest absolute Gasteiger partial charge is 0.507 e. The van der Waals surface area contributed by atoms with Gasteiger partial charge in [-0.25, -0.2) is 0 Å². The Labute approximate surface area is 154 Å². The predicted octanol–water partition coefficient (Wildman–Crippen LogP) is 3.66. The van der Waals surface area contributed by atoms with Gasteiger partial charge in [-0.2, -0.15) is 0 Å². The molecule has 1 aromatic carbocycles. The highest BCUT2D eigenvalue weighted by Crippen LogP contribution is 2.30. The Balaban J connectivity index is 1.68. The Bertz CT molecular complexity index is 503. The van der Waals surface area contributed by atoms with Gasteiger partial charge in [-0.15, -0.1) is 0 Å². The van der Waals surface area contributed by atoms with Crippen molar-refractivity contribution in [1.82, 2.24) is 9.80 Å². The van der Waals surface area contributed by atoms with E-state index in [9.17, 15) is 5.11 Å². The molecule has 2 heterocycles. The lowest BCUT2D eigenvalue weighted by Gasteiger charge is -2.28. The number of halogens is 2. The van der Waals surface area contributed by atoms with E-state index in [4.69, 9.17) is 0 Å². The van der Waals surface area contributed by atoms with Gasteiger partial charge < -0.3 is 10.0 Å². The summed E-state index contributed by atoms with van der Waals surface area (Å²) in [5.74, 6) is 0.475. The summed E-state index contributed by atoms with van der Waals surface area (Å²) in [6.07, 6.45) is 5.32. The summed E-state index contributed by atoms with van der Waals surface area (Å²) < 4.78 is 2.17. The standard InChI is InChI=1S/C16H22I2N2O/c17-13-8-12(16(21)15(18)9-13)10-20-7-3-4-14(20)11-19-5-1-2-6-19/h8-9,14,21H,1-7,10-11H2/t14-/m0/s1. The van der Waals surface area contributed by atoms with Crippen molar-refractivity contribution in [3.05, 3.63) is 24.8 Å². The van der Waals surface area contributed by atoms with Gasteiger partial charge >= 0.3 is 0 Å². The maximum Gasteiger partial charge on any atom is 0.133 e. The van der Waals surface area contributed by atoms with E-state index in [-0.39, 0.29) is 0 Å². The lowest BCUT2D eigenvalue weighted by atomic mass is 10.1. The summed E-state index contributed by atoms with van der Waals surface area (Å²) in [6, 6.07) is 4.83. The first-order valence-electron chi connectivity index (χ1n) is 7.77. The lowest BCUT2D eigenvalue weighted by molar-refractivity contribution is 0.184. The molecule has 21 heavy (non-hydrogen) atoms. The van der Waals surface area contributed by atoms with Crippen LogP contribution < -0.4 is 0 Å². The minimum atomic E-state index is 0.475. The normalized spacial score (nSPS) is 24.0. The monoisotopic (exact) mass is 512 g/mol. The first-order valence-corrected chi connectivity index (χ1v) is 9.92. The van der Waals surface area contributed by atoms with Crippen LogP contribution in [0.2, 0.25) is 0 Å². The molecule has 0 radical (unpaired) electrons. The number of likely N-dealkylation sites (tertiary alicyclic amines) is 2. The van der Waals surface area contributed by atoms with E-state index in [1.165, 1.54) is 55.4 Å². The fourth-order valence-electron chi connectivity index (χ4n) is 3.53. The van der Waals surface area contributed by atoms with Crippen LogP contribution in [0.4, 0.5) is 0 Å². The van der Waals surface area contributed by atoms with Crippen molar-refractivity contribution in [2.24, 2.45) is 0 Å². The molecule has 0 spiro atoms. The zero-order valence-electron chi connectivity index (χ0n) is 12.2. The third kappa shape index (κ3) is 4.03. The van der Waals surface area contributed by atoms with Crippen LogP contribution in [0.5, 0.6) is 5.75 Å². The van der Waals surface area contributed by atoms with Gasteiger partial charge in [-0.3, -0.25) is 4.90 Å². The lowest BCUT2D eigenvalue weighted by Crippen LogP contribution is -2.38. The molecule has 0 unspecified atom stereocenters. The minimum Gasteiger partial charge on any atom is -0.507 e. The molecule has 0 aromatic heterocycles. The number of phenols is 1. The summed E-state index contributed by atoms with van der Waals surface area (Å²) in [4.78, 5) is 5.18. The third-order valence-corrected chi connectivity index (χ3v) is 6.09. The fraction of sp³-hybridized carbons (Fsp3) is 0.625. The molecule has 3 rings (SSSR count). The van der Waals surface area contributed by atoms with E-state index in [2.05, 4.69) is 61.0 Å². The zero-order valence-corrected chi connectivity index (χ0v) is 16.5. The molecule has 0 saturated carbocycles. The quantitative estimate of drug-likeness (QED) is 0.625. The number of hydrogen-bond donors (Lipinski definition) is 1. The van der Waals surface area contributed by atoms with Gasteiger partial charge in [0.05, 0.1) is 3.57 Å². The van der Waals surface area contributed by atoms with Gasteiger partial charge in [0.25, 0.3) is 0 Å². The van der Waals surface area contributed by atoms with Crippen molar-refractivity contribution < 1.29 is 5.11 Å². The van der Waals surface area contributed by atoms with Crippen molar-refractivity contribution >= 4 is 45.2 Å². The smallest absolute Gasteiger partial charge is 0.133 e. The minimum absolute atomic E-state index is 0.475. The first-order chi connectivity index (χ1) is 10.1. The first kappa shape index (κ1) is 16.3. The second-order valence-corrected chi connectivity index (χ2v) is 8.58. The molecule has 5 heteroatoms. The van der Waals surface area contributed by atoms with Crippen molar-refractivity contribution in [2.75, 3.05) is 26.2 Å². The Morgan fingerprint density at radius 3 is 2.62 bits per heavy atom. The molecule has 2 saturated heterocycles. The second-order valence-electron chi connectivity index (χ2n) is 6.17. The number of benzene rings is 1. The SMILES string of the molecule is Oc1c(I)cc(I)cc1CN1CCC[C@H]1CN1CCCC1. The molecule has 2 aliphatic heterocycles. The Hall–Kier alpha value is 0.400. The predicted molar refractivity (Wildman–Crippen MR) is 103 cm³/mol. The topological polar surface area (TPSA) is 26.7 Å². The molecule has 3 nitrogen and oxygen atoms in total. The van der Waals surface area contributed by atoms with Crippen LogP contribution in [-0.4, -0.2) is 47.1 Å². The number of hydrogen-bond acceptors (Lipinski definition) is 3. The highest BCUT2D eigenvalue weighted by molar-refractivity contribution is 14.1. The van der Waals surface area contributed by atoms with Gasteiger partial charge in [0.1, 0.15) is 5.75 Å². The van der Waals surface area contributed by atoms with E-state index in [0.29, 0.717) is 11.8 Å². The number of rotatable bonds is 4. The van der Waals surface area contributed by atoms with Crippen LogP contribution in [0.3, 0.4) is 0 Å². The van der Waals surface area contributed by atoms with Gasteiger partial charge in [0.2, 0.25) is 0 Å². The molecule has 0 aliphatic carbocycles. The van der Waals surface area contributed by atoms with Gasteiger partial charge in [-0.1, -0.05) is 0 Å². The maximum atomic E-state index is 10.3. The van der Waals surface area contributed by atoms with Crippen LogP contribution in [0.15, 0.2) is 12.1 Å². The summed E-state index contributed by atoms with van der Waals surface area (Å²) in [5.41, 5.74) is 1.08. The van der Waals surface area contributed by atoms with Crippen LogP contribution in [0.1, 0.15) is 31.2 Å². The van der Waals surface area contributed by atoms with Crippen LogP contribution in [-0.2, 0) is 6.54 Å². The van der Waals surface area contributed by atoms with Crippen molar-refractivity contribution in [1.29, 1.82) is 0 Å². The number of nitrogens with zero attached hydrogens (tertiary/aromatic N) is 2. The molecule has 2 fully saturated rings. The summed E-state index contributed by atoms with van der Waals surface area (Å²) in [7, 11) is 0. The molecule has 1 aromatic rings. The molecule has 2 aliphatic rings. The molecule has 0 amide bonds. The molecule has 0 bridgehead atoms. The van der Waals surface area contributed by atoms with E-state index < -0.39 is 0 Å². The Morgan fingerprint density at radius 2 is 1.86 bits per heavy atom. The highest BCUT2D eigenvalue weighted by Gasteiger charge is 2.28. The average molecular weight is 512 g/mol. The van der Waals surface area contributed by atoms with Crippen molar-refractivity contribution in [3.63, 3.8) is 0 Å². The molecule has 1 N–H and O–H groups in total. The summed E-state index contributed by atoms with van der Waals surface area (Å²) in [5, 5.41) is 10.3. The van der Waals surface area contributed by atoms with Gasteiger partial charge in [0.15, 0.2) is 0 Å². The van der Waals surface area contributed by atoms with Crippen LogP contribution in [0, 0.1) is 7.14 Å². The van der Waals surface area contributed by atoms with Crippen molar-refractivity contribution in [3.8, 4) is 5.75 Å². The number of aromatic hydroxyl groups is 1. The second kappa shape index (κ2) is 7.31.